The van der Waals surface area contributed by atoms with Gasteiger partial charge in [0.05, 0.1) is 11.1 Å². The zero-order valence-electron chi connectivity index (χ0n) is 9.57. The first kappa shape index (κ1) is 10.5. The highest BCUT2D eigenvalue weighted by molar-refractivity contribution is 7.12. The monoisotopic (exact) mass is 269 g/mol. The van der Waals surface area contributed by atoms with Gasteiger partial charge in [0.15, 0.2) is 5.82 Å². The van der Waals surface area contributed by atoms with Gasteiger partial charge in [0.25, 0.3) is 0 Å². The quantitative estimate of drug-likeness (QED) is 0.496. The predicted molar refractivity (Wildman–Crippen MR) is 72.9 cm³/mol. The molecule has 0 unspecified atom stereocenters. The molecule has 6 heteroatoms. The number of hydrogen-bond acceptors (Lipinski definition) is 5. The van der Waals surface area contributed by atoms with Crippen LogP contribution in [0, 0.1) is 0 Å². The lowest BCUT2D eigenvalue weighted by Crippen LogP contribution is -2.00. The zero-order chi connectivity index (χ0) is 13.0. The Labute approximate surface area is 110 Å². The van der Waals surface area contributed by atoms with Gasteiger partial charge in [-0.05, 0) is 12.1 Å². The lowest BCUT2D eigenvalue weighted by atomic mass is 10.1. The van der Waals surface area contributed by atoms with Crippen LogP contribution in [0.2, 0.25) is 0 Å². The lowest BCUT2D eigenvalue weighted by Gasteiger charge is -2.08. The summed E-state index contributed by atoms with van der Waals surface area (Å²) in [5, 5.41) is 11.4. The number of aromatic nitrogens is 3. The molecule has 0 spiro atoms. The Balaban J connectivity index is 2.29. The van der Waals surface area contributed by atoms with Gasteiger partial charge in [-0.15, -0.1) is 0 Å². The zero-order valence-corrected chi connectivity index (χ0v) is 10.4. The van der Waals surface area contributed by atoms with Crippen molar-refractivity contribution in [2.75, 3.05) is 0 Å². The summed E-state index contributed by atoms with van der Waals surface area (Å²) < 4.78 is 1.77. The Bertz CT molecular complexity index is 957. The summed E-state index contributed by atoms with van der Waals surface area (Å²) in [5.74, 6) is 0.815. The van der Waals surface area contributed by atoms with Crippen molar-refractivity contribution >= 4 is 27.8 Å². The third-order valence-corrected chi connectivity index (χ3v) is 3.86. The van der Waals surface area contributed by atoms with Crippen LogP contribution in [-0.2, 0) is 0 Å². The highest BCUT2D eigenvalue weighted by Crippen LogP contribution is 2.29. The molecule has 4 rings (SSSR count). The van der Waals surface area contributed by atoms with Crippen LogP contribution in [0.4, 0.5) is 0 Å². The van der Waals surface area contributed by atoms with Gasteiger partial charge in [-0.2, -0.15) is 4.98 Å². The average molecular weight is 269 g/mol. The Morgan fingerprint density at radius 3 is 3.00 bits per heavy atom. The van der Waals surface area contributed by atoms with Crippen molar-refractivity contribution in [3.05, 3.63) is 46.3 Å². The summed E-state index contributed by atoms with van der Waals surface area (Å²) in [4.78, 5) is 20.3. The molecule has 1 aromatic carbocycles. The summed E-state index contributed by atoms with van der Waals surface area (Å²) in [6.07, 6.45) is 3.42. The van der Waals surface area contributed by atoms with E-state index in [9.17, 15) is 9.90 Å². The van der Waals surface area contributed by atoms with Crippen molar-refractivity contribution in [3.63, 3.8) is 0 Å². The van der Waals surface area contributed by atoms with Crippen LogP contribution in [0.5, 0.6) is 5.75 Å². The van der Waals surface area contributed by atoms with Crippen LogP contribution in [0.15, 0.2) is 41.5 Å². The first-order valence-corrected chi connectivity index (χ1v) is 6.44. The van der Waals surface area contributed by atoms with Crippen molar-refractivity contribution < 1.29 is 5.11 Å². The fraction of sp³-hybridized carbons (Fsp3) is 0. The van der Waals surface area contributed by atoms with Gasteiger partial charge in [0.1, 0.15) is 11.4 Å². The van der Waals surface area contributed by atoms with E-state index in [4.69, 9.17) is 0 Å². The molecule has 92 valence electrons. The molecule has 1 aromatic heterocycles. The van der Waals surface area contributed by atoms with Crippen LogP contribution < -0.4 is 4.87 Å². The number of phenols is 1. The van der Waals surface area contributed by atoms with Gasteiger partial charge < -0.3 is 5.11 Å². The number of rotatable bonds is 0. The van der Waals surface area contributed by atoms with Crippen molar-refractivity contribution in [3.8, 4) is 16.5 Å². The van der Waals surface area contributed by atoms with E-state index >= 15 is 0 Å². The predicted octanol–water partition coefficient (Wildman–Crippen LogP) is 2.11. The molecule has 2 aliphatic heterocycles. The number of nitrogens with zero attached hydrogens (tertiary/aromatic N) is 3. The van der Waals surface area contributed by atoms with Crippen LogP contribution in [0.1, 0.15) is 0 Å². The molecule has 3 heterocycles. The minimum Gasteiger partial charge on any atom is -0.507 e. The summed E-state index contributed by atoms with van der Waals surface area (Å²) in [5.41, 5.74) is 0.672. The minimum absolute atomic E-state index is 0.213. The van der Waals surface area contributed by atoms with Crippen molar-refractivity contribution in [1.29, 1.82) is 0 Å². The highest BCUT2D eigenvalue weighted by atomic mass is 32.1. The number of phenolic OH excluding ortho intramolecular Hbond substituents is 1. The second kappa shape index (κ2) is 3.52. The van der Waals surface area contributed by atoms with Gasteiger partial charge in [-0.3, -0.25) is 9.20 Å². The Morgan fingerprint density at radius 1 is 1.21 bits per heavy atom. The van der Waals surface area contributed by atoms with Crippen molar-refractivity contribution in [2.45, 2.75) is 0 Å². The molecular formula is C13H7N3O2S. The van der Waals surface area contributed by atoms with Gasteiger partial charge in [0, 0.05) is 17.0 Å². The van der Waals surface area contributed by atoms with E-state index in [1.807, 2.05) is 6.07 Å². The molecular weight excluding hydrogens is 262 g/mol. The van der Waals surface area contributed by atoms with Crippen LogP contribution in [0.25, 0.3) is 27.1 Å². The molecule has 2 aromatic rings. The van der Waals surface area contributed by atoms with Gasteiger partial charge in [0.2, 0.25) is 0 Å². The van der Waals surface area contributed by atoms with Crippen LogP contribution in [-0.4, -0.2) is 19.5 Å². The number of aromatic hydroxyl groups is 1. The molecule has 19 heavy (non-hydrogen) atoms. The average Bonchev–Trinajstić information content (AvgIpc) is 2.79. The molecule has 0 fully saturated rings. The molecule has 0 radical (unpaired) electrons. The molecule has 0 aliphatic carbocycles. The molecule has 0 amide bonds. The Kier molecular flexibility index (Phi) is 1.94. The maximum absolute atomic E-state index is 11.4. The normalized spacial score (nSPS) is 11.6. The van der Waals surface area contributed by atoms with E-state index in [2.05, 4.69) is 9.97 Å². The summed E-state index contributed by atoms with van der Waals surface area (Å²) in [6.45, 7) is 0. The third-order valence-electron chi connectivity index (χ3n) is 3.09. The van der Waals surface area contributed by atoms with E-state index < -0.39 is 0 Å². The molecule has 0 bridgehead atoms. The second-order valence-electron chi connectivity index (χ2n) is 4.17. The van der Waals surface area contributed by atoms with Crippen molar-refractivity contribution in [1.82, 2.24) is 14.4 Å². The summed E-state index contributed by atoms with van der Waals surface area (Å²) in [6, 6.07) is 7.08. The smallest absolute Gasteiger partial charge is 0.329 e. The van der Waals surface area contributed by atoms with E-state index in [0.29, 0.717) is 11.5 Å². The second-order valence-corrected chi connectivity index (χ2v) is 5.17. The molecule has 0 saturated carbocycles. The number of pyridine rings is 1. The number of fused-ring (bicyclic) bond motifs is 5. The molecule has 0 saturated heterocycles. The fourth-order valence-electron chi connectivity index (χ4n) is 2.26. The van der Waals surface area contributed by atoms with Crippen LogP contribution in [0.3, 0.4) is 0 Å². The largest absolute Gasteiger partial charge is 0.507 e. The fourth-order valence-corrected chi connectivity index (χ4v) is 2.92. The van der Waals surface area contributed by atoms with E-state index in [0.717, 1.165) is 27.0 Å². The summed E-state index contributed by atoms with van der Waals surface area (Å²) in [7, 11) is 0. The maximum Gasteiger partial charge on any atom is 0.329 e. The van der Waals surface area contributed by atoms with Gasteiger partial charge in [-0.25, -0.2) is 4.98 Å². The third kappa shape index (κ3) is 1.37. The van der Waals surface area contributed by atoms with E-state index in [1.165, 1.54) is 0 Å². The number of thiazole rings is 1. The van der Waals surface area contributed by atoms with E-state index in [1.54, 1.807) is 35.0 Å². The molecule has 1 N–H and O–H groups in total. The Morgan fingerprint density at radius 2 is 2.11 bits per heavy atom. The number of benzene rings is 1. The molecule has 5 nitrogen and oxygen atoms in total. The lowest BCUT2D eigenvalue weighted by molar-refractivity contribution is 0.481. The maximum atomic E-state index is 11.4. The minimum atomic E-state index is -0.229. The molecule has 0 atom stereocenters. The highest BCUT2D eigenvalue weighted by Gasteiger charge is 2.14. The first-order valence-electron chi connectivity index (χ1n) is 5.63. The van der Waals surface area contributed by atoms with Crippen molar-refractivity contribution in [2.24, 2.45) is 0 Å². The summed E-state index contributed by atoms with van der Waals surface area (Å²) >= 11 is 1.08. The molecule has 2 aliphatic rings. The van der Waals surface area contributed by atoms with Gasteiger partial charge in [-0.1, -0.05) is 23.5 Å². The van der Waals surface area contributed by atoms with E-state index in [-0.39, 0.29) is 10.6 Å². The standard InChI is InChI=1S/C13H7N3O2S/c17-9-3-1-2-8-7(9)4-5-16-11(8)14-6-10-12(16)15-13(18)19-10/h1-6,17H. The van der Waals surface area contributed by atoms with Crippen LogP contribution >= 0.6 is 11.3 Å². The SMILES string of the molecule is O=c1nc2n3ccc4c(O)cccc4c3ncc-2s1. The first-order chi connectivity index (χ1) is 9.24. The number of hydrogen-bond donors (Lipinski definition) is 1. The van der Waals surface area contributed by atoms with Gasteiger partial charge >= 0.3 is 4.87 Å². The topological polar surface area (TPSA) is 67.5 Å². The Hall–Kier alpha value is -2.47.